The van der Waals surface area contributed by atoms with E-state index in [2.05, 4.69) is 10.6 Å². The molecule has 0 aromatic heterocycles. The van der Waals surface area contributed by atoms with Gasteiger partial charge in [0.2, 0.25) is 0 Å². The number of aliphatic hydroxyl groups is 1. The second kappa shape index (κ2) is 3.54. The summed E-state index contributed by atoms with van der Waals surface area (Å²) in [7, 11) is 0. The lowest BCUT2D eigenvalue weighted by atomic mass is 10.1. The molecule has 1 aliphatic heterocycles. The molecule has 4 N–H and O–H groups in total. The van der Waals surface area contributed by atoms with E-state index in [1.807, 2.05) is 0 Å². The number of amides is 1. The Morgan fingerprint density at radius 3 is 2.82 bits per heavy atom. The maximum atomic E-state index is 10.2. The molecule has 1 aliphatic rings. The molecule has 1 heterocycles. The zero-order valence-corrected chi connectivity index (χ0v) is 6.08. The van der Waals surface area contributed by atoms with Crippen molar-refractivity contribution in [3.05, 3.63) is 0 Å². The van der Waals surface area contributed by atoms with E-state index in [1.54, 1.807) is 0 Å². The fourth-order valence-electron chi connectivity index (χ4n) is 1.20. The van der Waals surface area contributed by atoms with Gasteiger partial charge >= 0.3 is 6.09 Å². The molecular formula is C6H12N2O3. The summed E-state index contributed by atoms with van der Waals surface area (Å²) in [6, 6.07) is -0.156. The molecule has 0 aromatic rings. The predicted octanol–water partition coefficient (Wildman–Crippen LogP) is -1.02. The molecule has 0 aliphatic carbocycles. The molecule has 11 heavy (non-hydrogen) atoms. The fraction of sp³-hybridized carbons (Fsp3) is 0.833. The molecule has 64 valence electrons. The summed E-state index contributed by atoms with van der Waals surface area (Å²) in [5.74, 6) is 0. The van der Waals surface area contributed by atoms with E-state index in [9.17, 15) is 4.79 Å². The average Bonchev–Trinajstić information content (AvgIpc) is 1.85. The Kier molecular flexibility index (Phi) is 2.67. The van der Waals surface area contributed by atoms with Crippen LogP contribution in [0.15, 0.2) is 0 Å². The Morgan fingerprint density at radius 2 is 2.27 bits per heavy atom. The summed E-state index contributed by atoms with van der Waals surface area (Å²) in [5.41, 5.74) is 0. The first-order valence-corrected chi connectivity index (χ1v) is 3.56. The summed E-state index contributed by atoms with van der Waals surface area (Å²) >= 11 is 0. The van der Waals surface area contributed by atoms with Gasteiger partial charge in [-0.15, -0.1) is 0 Å². The molecule has 5 nitrogen and oxygen atoms in total. The highest BCUT2D eigenvalue weighted by atomic mass is 16.4. The number of β-amino-alcohol motifs (C(OH)–C–C–N with tert-alkyl or cyclic N) is 1. The highest BCUT2D eigenvalue weighted by molar-refractivity contribution is 5.64. The van der Waals surface area contributed by atoms with Crippen LogP contribution in [0.1, 0.15) is 6.42 Å². The normalized spacial score (nSPS) is 31.4. The molecule has 1 amide bonds. The number of rotatable bonds is 1. The van der Waals surface area contributed by atoms with Crippen molar-refractivity contribution in [3.63, 3.8) is 0 Å². The third-order valence-corrected chi connectivity index (χ3v) is 1.65. The van der Waals surface area contributed by atoms with Gasteiger partial charge in [-0.1, -0.05) is 0 Å². The van der Waals surface area contributed by atoms with Gasteiger partial charge in [-0.25, -0.2) is 4.79 Å². The highest BCUT2D eigenvalue weighted by Gasteiger charge is 2.20. The predicted molar refractivity (Wildman–Crippen MR) is 38.4 cm³/mol. The first kappa shape index (κ1) is 8.29. The summed E-state index contributed by atoms with van der Waals surface area (Å²) < 4.78 is 0. The van der Waals surface area contributed by atoms with Crippen LogP contribution in [-0.2, 0) is 0 Å². The van der Waals surface area contributed by atoms with Crippen LogP contribution >= 0.6 is 0 Å². The van der Waals surface area contributed by atoms with Crippen molar-refractivity contribution in [1.29, 1.82) is 0 Å². The second-order valence-corrected chi connectivity index (χ2v) is 2.69. The van der Waals surface area contributed by atoms with Crippen LogP contribution in [0.2, 0.25) is 0 Å². The monoisotopic (exact) mass is 160 g/mol. The lowest BCUT2D eigenvalue weighted by Gasteiger charge is -2.26. The van der Waals surface area contributed by atoms with Gasteiger partial charge in [0.05, 0.1) is 6.10 Å². The molecule has 2 unspecified atom stereocenters. The van der Waals surface area contributed by atoms with E-state index < -0.39 is 12.2 Å². The van der Waals surface area contributed by atoms with Gasteiger partial charge in [0.15, 0.2) is 0 Å². The SMILES string of the molecule is O=C(O)NC1CNCC(O)C1. The lowest BCUT2D eigenvalue weighted by molar-refractivity contribution is 0.121. The van der Waals surface area contributed by atoms with Gasteiger partial charge in [-0.05, 0) is 6.42 Å². The number of hydrogen-bond acceptors (Lipinski definition) is 3. The quantitative estimate of drug-likeness (QED) is 0.395. The van der Waals surface area contributed by atoms with Gasteiger partial charge in [0.1, 0.15) is 0 Å². The molecule has 1 saturated heterocycles. The van der Waals surface area contributed by atoms with Crippen LogP contribution in [0.25, 0.3) is 0 Å². The first-order valence-electron chi connectivity index (χ1n) is 3.56. The summed E-state index contributed by atoms with van der Waals surface area (Å²) in [5, 5.41) is 22.6. The third-order valence-electron chi connectivity index (χ3n) is 1.65. The van der Waals surface area contributed by atoms with E-state index in [-0.39, 0.29) is 6.04 Å². The van der Waals surface area contributed by atoms with Crippen LogP contribution in [-0.4, -0.2) is 41.5 Å². The number of carbonyl (C=O) groups is 1. The van der Waals surface area contributed by atoms with Gasteiger partial charge in [0, 0.05) is 19.1 Å². The highest BCUT2D eigenvalue weighted by Crippen LogP contribution is 2.01. The van der Waals surface area contributed by atoms with Crippen LogP contribution in [0, 0.1) is 0 Å². The average molecular weight is 160 g/mol. The topological polar surface area (TPSA) is 81.6 Å². The van der Waals surface area contributed by atoms with Gasteiger partial charge < -0.3 is 20.8 Å². The molecule has 0 radical (unpaired) electrons. The van der Waals surface area contributed by atoms with E-state index in [0.29, 0.717) is 19.5 Å². The van der Waals surface area contributed by atoms with Crippen molar-refractivity contribution in [2.75, 3.05) is 13.1 Å². The minimum absolute atomic E-state index is 0.156. The van der Waals surface area contributed by atoms with Crippen LogP contribution in [0.5, 0.6) is 0 Å². The van der Waals surface area contributed by atoms with Crippen molar-refractivity contribution in [1.82, 2.24) is 10.6 Å². The Labute approximate surface area is 64.4 Å². The van der Waals surface area contributed by atoms with Crippen molar-refractivity contribution in [2.45, 2.75) is 18.6 Å². The molecule has 1 rings (SSSR count). The maximum absolute atomic E-state index is 10.2. The standard InChI is InChI=1S/C6H12N2O3/c9-5-1-4(2-7-3-5)8-6(10)11/h4-5,7-9H,1-3H2,(H,10,11). The van der Waals surface area contributed by atoms with Crippen molar-refractivity contribution in [2.24, 2.45) is 0 Å². The molecule has 0 bridgehead atoms. The number of hydrogen-bond donors (Lipinski definition) is 4. The van der Waals surface area contributed by atoms with Crippen molar-refractivity contribution in [3.8, 4) is 0 Å². The van der Waals surface area contributed by atoms with Crippen LogP contribution in [0.4, 0.5) is 4.79 Å². The molecule has 1 fully saturated rings. The lowest BCUT2D eigenvalue weighted by Crippen LogP contribution is -2.50. The molecule has 5 heteroatoms. The fourth-order valence-corrected chi connectivity index (χ4v) is 1.20. The number of piperidine rings is 1. The van der Waals surface area contributed by atoms with E-state index in [0.717, 1.165) is 0 Å². The van der Waals surface area contributed by atoms with Gasteiger partial charge in [0.25, 0.3) is 0 Å². The first-order chi connectivity index (χ1) is 5.18. The zero-order chi connectivity index (χ0) is 8.27. The smallest absolute Gasteiger partial charge is 0.404 e. The third kappa shape index (κ3) is 2.73. The molecule has 2 atom stereocenters. The second-order valence-electron chi connectivity index (χ2n) is 2.69. The van der Waals surface area contributed by atoms with Gasteiger partial charge in [-0.2, -0.15) is 0 Å². The van der Waals surface area contributed by atoms with Crippen molar-refractivity contribution < 1.29 is 15.0 Å². The number of aliphatic hydroxyl groups excluding tert-OH is 1. The summed E-state index contributed by atoms with van der Waals surface area (Å²) in [6.45, 7) is 1.15. The zero-order valence-electron chi connectivity index (χ0n) is 6.08. The Morgan fingerprint density at radius 1 is 1.55 bits per heavy atom. The summed E-state index contributed by atoms with van der Waals surface area (Å²) in [4.78, 5) is 10.2. The van der Waals surface area contributed by atoms with E-state index in [4.69, 9.17) is 10.2 Å². The van der Waals surface area contributed by atoms with E-state index in [1.165, 1.54) is 0 Å². The number of nitrogens with one attached hydrogen (secondary N) is 2. The molecule has 0 saturated carbocycles. The molecule has 0 aromatic carbocycles. The van der Waals surface area contributed by atoms with Crippen molar-refractivity contribution >= 4 is 6.09 Å². The molecule has 0 spiro atoms. The number of carboxylic acid groups (broad SMARTS) is 1. The van der Waals surface area contributed by atoms with E-state index >= 15 is 0 Å². The Bertz CT molecular complexity index is 151. The maximum Gasteiger partial charge on any atom is 0.404 e. The minimum Gasteiger partial charge on any atom is -0.465 e. The Hall–Kier alpha value is -0.810. The minimum atomic E-state index is -1.04. The summed E-state index contributed by atoms with van der Waals surface area (Å²) in [6.07, 6.45) is -0.967. The molecular weight excluding hydrogens is 148 g/mol. The van der Waals surface area contributed by atoms with Crippen LogP contribution in [0.3, 0.4) is 0 Å². The Balaban J connectivity index is 2.28. The van der Waals surface area contributed by atoms with Crippen LogP contribution < -0.4 is 10.6 Å². The largest absolute Gasteiger partial charge is 0.465 e. The van der Waals surface area contributed by atoms with Gasteiger partial charge in [-0.3, -0.25) is 0 Å².